The van der Waals surface area contributed by atoms with Gasteiger partial charge < -0.3 is 94.3 Å². The highest BCUT2D eigenvalue weighted by molar-refractivity contribution is 5.99. The molecule has 3 rings (SSSR count). The van der Waals surface area contributed by atoms with Crippen LogP contribution in [0.3, 0.4) is 0 Å². The van der Waals surface area contributed by atoms with Gasteiger partial charge in [-0.1, -0.05) is 97.1 Å². The van der Waals surface area contributed by atoms with Crippen LogP contribution < -0.4 is 94.6 Å². The summed E-state index contributed by atoms with van der Waals surface area (Å²) in [5.41, 5.74) is 57.0. The molecule has 0 bridgehead atoms. The maximum atomic E-state index is 13.9. The number of nitrogens with two attached hydrogens (primary N) is 10. The summed E-state index contributed by atoms with van der Waals surface area (Å²) in [6.45, 7) is 0.0390. The van der Waals surface area contributed by atoms with E-state index >= 15 is 0 Å². The number of guanidine groups is 4. The van der Waals surface area contributed by atoms with Gasteiger partial charge in [-0.15, -0.1) is 0 Å². The Kier molecular flexibility index (Phi) is 20.1. The zero-order valence-electron chi connectivity index (χ0n) is 35.9. The van der Waals surface area contributed by atoms with Gasteiger partial charge in [0.25, 0.3) is 35.4 Å². The Bertz CT molecular complexity index is 2400. The van der Waals surface area contributed by atoms with Crippen molar-refractivity contribution in [2.24, 2.45) is 77.3 Å². The highest BCUT2D eigenvalue weighted by Crippen LogP contribution is 2.15. The number of carbonyl (C=O) groups excluding carboxylic acids is 7. The van der Waals surface area contributed by atoms with Gasteiger partial charge in [-0.3, -0.25) is 38.9 Å². The van der Waals surface area contributed by atoms with Crippen molar-refractivity contribution in [3.63, 3.8) is 0 Å². The molecule has 7 unspecified atom stereocenters. The molecule has 0 aliphatic carbocycles. The molecule has 29 heteroatoms. The van der Waals surface area contributed by atoms with Gasteiger partial charge in [0.15, 0.2) is 36.2 Å². The minimum Gasteiger partial charge on any atom is -0.370 e. The lowest BCUT2D eigenvalue weighted by atomic mass is 10.1. The number of nitrogens with zero attached hydrogens (tertiary/aromatic N) is 4. The van der Waals surface area contributed by atoms with E-state index in [0.717, 1.165) is 11.1 Å². The van der Waals surface area contributed by atoms with E-state index in [1.54, 1.807) is 30.3 Å². The highest BCUT2D eigenvalue weighted by atomic mass is 16.3. The number of rotatable bonds is 23. The Morgan fingerprint density at radius 1 is 0.471 bits per heavy atom. The largest absolute Gasteiger partial charge is 0.370 e. The summed E-state index contributed by atoms with van der Waals surface area (Å²) in [4.78, 5) is 106. The molecule has 0 aliphatic rings. The summed E-state index contributed by atoms with van der Waals surface area (Å²) in [6.07, 6.45) is -8.17. The first-order valence-electron chi connectivity index (χ1n) is 19.6. The van der Waals surface area contributed by atoms with E-state index in [1.807, 2.05) is 70.6 Å². The van der Waals surface area contributed by atoms with Gasteiger partial charge in [-0.25, -0.2) is 20.0 Å². The fourth-order valence-corrected chi connectivity index (χ4v) is 5.36. The van der Waals surface area contributed by atoms with Crippen LogP contribution in [0.2, 0.25) is 0 Å². The van der Waals surface area contributed by atoms with E-state index in [-0.39, 0.29) is 12.1 Å². The lowest BCUT2D eigenvalue weighted by molar-refractivity contribution is -0.137. The van der Waals surface area contributed by atoms with Crippen LogP contribution in [0, 0.1) is 0 Å². The van der Waals surface area contributed by atoms with Gasteiger partial charge in [0, 0.05) is 6.54 Å². The van der Waals surface area contributed by atoms with Gasteiger partial charge in [0.05, 0.1) is 0 Å². The number of amides is 7. The van der Waals surface area contributed by atoms with E-state index in [0.29, 0.717) is 5.56 Å². The number of hydrogen-bond donors (Lipinski definition) is 18. The first kappa shape index (κ1) is 53.0. The number of aliphatic hydroxyl groups is 1. The minimum absolute atomic E-state index is 0.0390. The maximum Gasteiger partial charge on any atom is 0.267 e. The molecule has 0 spiro atoms. The third-order valence-electron chi connectivity index (χ3n) is 8.50. The molecular weight excluding hydrogens is 891 g/mol. The molecule has 0 fully saturated rings. The fraction of sp³-hybridized carbons (Fsp3) is 0.205. The van der Waals surface area contributed by atoms with Crippen LogP contribution in [0.5, 0.6) is 0 Å². The van der Waals surface area contributed by atoms with Gasteiger partial charge >= 0.3 is 0 Å². The average Bonchev–Trinajstić information content (AvgIpc) is 3.28. The van der Waals surface area contributed by atoms with Crippen LogP contribution in [0.25, 0.3) is 12.2 Å². The first-order valence-corrected chi connectivity index (χ1v) is 19.6. The Labute approximate surface area is 386 Å². The van der Waals surface area contributed by atoms with Crippen LogP contribution in [0.4, 0.5) is 0 Å². The SMILES string of the molecule is NC(=O)C(N)NC(=O)C(N=C(N)N)NC(=O)C(N=C(N)N)NC(=O)C(N=C(N)N)NC(=O)C(N=C(N)N)NC(=O)C(NC(=O)C(O)NCc1ccc(/C=C/c2ccccc2)cc1)c1ccccc1. The molecule has 0 aromatic heterocycles. The van der Waals surface area contributed by atoms with Gasteiger partial charge in [0.1, 0.15) is 6.04 Å². The van der Waals surface area contributed by atoms with Crippen LogP contribution in [-0.2, 0) is 40.1 Å². The topological polar surface area (TPSA) is 534 Å². The van der Waals surface area contributed by atoms with Crippen LogP contribution in [0.15, 0.2) is 105 Å². The van der Waals surface area contributed by atoms with Crippen molar-refractivity contribution in [3.05, 3.63) is 107 Å². The van der Waals surface area contributed by atoms with Crippen molar-refractivity contribution in [2.75, 3.05) is 0 Å². The number of hydrogen-bond acceptors (Lipinski definition) is 14. The van der Waals surface area contributed by atoms with Crippen molar-refractivity contribution in [3.8, 4) is 0 Å². The molecule has 29 nitrogen and oxygen atoms in total. The Morgan fingerprint density at radius 3 is 1.24 bits per heavy atom. The van der Waals surface area contributed by atoms with Gasteiger partial charge in [-0.05, 0) is 22.3 Å². The van der Waals surface area contributed by atoms with Gasteiger partial charge in [-0.2, -0.15) is 0 Å². The quantitative estimate of drug-likeness (QED) is 0.0182. The third-order valence-corrected chi connectivity index (χ3v) is 8.50. The average molecular weight is 944 g/mol. The van der Waals surface area contributed by atoms with Crippen molar-refractivity contribution in [1.29, 1.82) is 0 Å². The summed E-state index contributed by atoms with van der Waals surface area (Å²) in [6, 6.07) is 23.0. The molecule has 3 aromatic carbocycles. The van der Waals surface area contributed by atoms with E-state index in [4.69, 9.17) is 57.3 Å². The second-order valence-electron chi connectivity index (χ2n) is 13.9. The van der Waals surface area contributed by atoms with Crippen LogP contribution >= 0.6 is 0 Å². The smallest absolute Gasteiger partial charge is 0.267 e. The van der Waals surface area contributed by atoms with E-state index in [2.05, 4.69) is 41.2 Å². The molecule has 68 heavy (non-hydrogen) atoms. The predicted octanol–water partition coefficient (Wildman–Crippen LogP) is -8.13. The predicted molar refractivity (Wildman–Crippen MR) is 248 cm³/mol. The molecule has 0 heterocycles. The summed E-state index contributed by atoms with van der Waals surface area (Å²) in [5.74, 6) is -11.9. The highest BCUT2D eigenvalue weighted by Gasteiger charge is 2.34. The Hall–Kier alpha value is -9.35. The van der Waals surface area contributed by atoms with E-state index < -0.39 is 108 Å². The van der Waals surface area contributed by atoms with E-state index in [9.17, 15) is 38.7 Å². The fourth-order valence-electron chi connectivity index (χ4n) is 5.36. The third kappa shape index (κ3) is 18.0. The molecule has 3 aromatic rings. The Balaban J connectivity index is 1.79. The molecule has 0 saturated heterocycles. The molecule has 7 amide bonds. The number of aliphatic imine (C=N–C) groups is 4. The maximum absolute atomic E-state index is 13.9. The monoisotopic (exact) mass is 943 g/mol. The van der Waals surface area contributed by atoms with Crippen molar-refractivity contribution in [1.82, 2.24) is 37.2 Å². The molecule has 28 N–H and O–H groups in total. The molecule has 0 radical (unpaired) electrons. The number of carbonyl (C=O) groups is 7. The van der Waals surface area contributed by atoms with Crippen molar-refractivity contribution in [2.45, 2.75) is 49.6 Å². The summed E-state index contributed by atoms with van der Waals surface area (Å²) in [7, 11) is 0. The standard InChI is InChI=1S/C39H53N21O8/c40-23(24(41)61)52-30(63)25(57-36(42)43)54-32(65)27(59-38(46)47)56-33(66)28(60-39(48)49)55-31(64)26(58-37(44)45)53-29(62)22(21-9-5-2-6-10-21)51-35(68)34(67)50-17-20-15-13-19(14-16-20)12-11-18-7-3-1-4-8-18/h1-16,22-23,25-28,34,50,67H,17,40H2,(H2,41,61)(H,51,68)(H,52,63)(H,53,62)(H,54,65)(H,55,64)(H,56,66)(H4,42,43,57)(H4,44,45,58)(H4,46,47,59)(H4,48,49,60)/b12-11+. The van der Waals surface area contributed by atoms with E-state index in [1.165, 1.54) is 12.1 Å². The zero-order chi connectivity index (χ0) is 50.5. The normalized spacial score (nSPS) is 13.7. The summed E-state index contributed by atoms with van der Waals surface area (Å²) in [5, 5.41) is 26.1. The van der Waals surface area contributed by atoms with Crippen LogP contribution in [-0.4, -0.2) is 107 Å². The van der Waals surface area contributed by atoms with Crippen molar-refractivity contribution >= 4 is 77.3 Å². The Morgan fingerprint density at radius 2 is 0.838 bits per heavy atom. The lowest BCUT2D eigenvalue weighted by Crippen LogP contribution is -2.60. The van der Waals surface area contributed by atoms with Crippen LogP contribution in [0.1, 0.15) is 28.3 Å². The van der Waals surface area contributed by atoms with Crippen molar-refractivity contribution < 1.29 is 38.7 Å². The molecule has 362 valence electrons. The second-order valence-corrected chi connectivity index (χ2v) is 13.9. The number of aliphatic hydroxyl groups excluding tert-OH is 1. The molecule has 7 atom stereocenters. The lowest BCUT2D eigenvalue weighted by Gasteiger charge is -2.24. The molecule has 0 aliphatic heterocycles. The minimum atomic E-state index is -2.18. The number of benzene rings is 3. The second kappa shape index (κ2) is 25.8. The molecular formula is C39H53N21O8. The van der Waals surface area contributed by atoms with Gasteiger partial charge in [0.2, 0.25) is 30.6 Å². The first-order chi connectivity index (χ1) is 32.1. The summed E-state index contributed by atoms with van der Waals surface area (Å²) < 4.78 is 0. The number of primary amides is 1. The summed E-state index contributed by atoms with van der Waals surface area (Å²) >= 11 is 0. The number of nitrogens with one attached hydrogen (secondary N) is 7. The zero-order valence-corrected chi connectivity index (χ0v) is 35.9. The molecule has 0 saturated carbocycles.